The van der Waals surface area contributed by atoms with Gasteiger partial charge in [-0.25, -0.2) is 4.98 Å². The first-order valence-corrected chi connectivity index (χ1v) is 8.38. The highest BCUT2D eigenvalue weighted by molar-refractivity contribution is 5.94. The molecule has 1 unspecified atom stereocenters. The SMILES string of the molecule is CC(NC(=O)c1n[nH]c2c1CNCC2)c1cccc(-n2ccnc2)c1.Cl. The van der Waals surface area contributed by atoms with Gasteiger partial charge in [0.2, 0.25) is 0 Å². The van der Waals surface area contributed by atoms with Gasteiger partial charge in [-0.05, 0) is 24.6 Å². The molecule has 0 saturated heterocycles. The number of carbonyl (C=O) groups excluding carboxylic acids is 1. The molecule has 2 aromatic heterocycles. The maximum atomic E-state index is 12.6. The Kier molecular flexibility index (Phi) is 5.39. The molecule has 0 aliphatic carbocycles. The summed E-state index contributed by atoms with van der Waals surface area (Å²) in [6, 6.07) is 7.92. The van der Waals surface area contributed by atoms with Gasteiger partial charge in [0.05, 0.1) is 12.4 Å². The number of aromatic nitrogens is 4. The fourth-order valence-electron chi connectivity index (χ4n) is 3.13. The zero-order chi connectivity index (χ0) is 17.2. The smallest absolute Gasteiger partial charge is 0.272 e. The first-order valence-electron chi connectivity index (χ1n) is 8.38. The Bertz CT molecular complexity index is 889. The lowest BCUT2D eigenvalue weighted by molar-refractivity contribution is 0.0933. The first kappa shape index (κ1) is 18.2. The van der Waals surface area contributed by atoms with Crippen LogP contribution < -0.4 is 10.6 Å². The van der Waals surface area contributed by atoms with E-state index in [2.05, 4.69) is 25.8 Å². The van der Waals surface area contributed by atoms with Gasteiger partial charge in [0, 0.05) is 48.8 Å². The van der Waals surface area contributed by atoms with Crippen LogP contribution >= 0.6 is 12.4 Å². The molecule has 0 spiro atoms. The third kappa shape index (κ3) is 3.49. The molecule has 1 aromatic carbocycles. The fraction of sp³-hybridized carbons (Fsp3) is 0.278. The van der Waals surface area contributed by atoms with Crippen molar-refractivity contribution in [3.05, 3.63) is 65.5 Å². The van der Waals surface area contributed by atoms with Crippen molar-refractivity contribution in [1.82, 2.24) is 30.4 Å². The van der Waals surface area contributed by atoms with Crippen LogP contribution in [0.3, 0.4) is 0 Å². The predicted octanol–water partition coefficient (Wildman–Crippen LogP) is 2.15. The summed E-state index contributed by atoms with van der Waals surface area (Å²) in [5, 5.41) is 13.5. The van der Waals surface area contributed by atoms with E-state index in [9.17, 15) is 4.79 Å². The van der Waals surface area contributed by atoms with Gasteiger partial charge >= 0.3 is 0 Å². The minimum absolute atomic E-state index is 0. The molecule has 8 heteroatoms. The molecule has 1 atom stereocenters. The van der Waals surface area contributed by atoms with Gasteiger partial charge in [0.1, 0.15) is 0 Å². The van der Waals surface area contributed by atoms with Crippen LogP contribution in [0.4, 0.5) is 0 Å². The van der Waals surface area contributed by atoms with E-state index >= 15 is 0 Å². The standard InChI is InChI=1S/C18H20N6O.ClH/c1-12(13-3-2-4-14(9-13)24-8-7-20-11-24)21-18(25)17-15-10-19-6-5-16(15)22-23-17;/h2-4,7-9,11-12,19H,5-6,10H2,1H3,(H,21,25)(H,22,23);1H. The Morgan fingerprint density at radius 2 is 2.27 bits per heavy atom. The highest BCUT2D eigenvalue weighted by atomic mass is 35.5. The number of amides is 1. The molecule has 1 aliphatic rings. The number of hydrogen-bond acceptors (Lipinski definition) is 4. The minimum atomic E-state index is -0.151. The number of hydrogen-bond donors (Lipinski definition) is 3. The monoisotopic (exact) mass is 372 g/mol. The molecule has 3 N–H and O–H groups in total. The molecular formula is C18H21ClN6O. The molecule has 3 aromatic rings. The maximum absolute atomic E-state index is 12.6. The summed E-state index contributed by atoms with van der Waals surface area (Å²) in [5.41, 5.74) is 4.56. The van der Waals surface area contributed by atoms with Crippen molar-refractivity contribution in [2.45, 2.75) is 25.9 Å². The van der Waals surface area contributed by atoms with Crippen molar-refractivity contribution in [3.8, 4) is 5.69 Å². The number of carbonyl (C=O) groups is 1. The van der Waals surface area contributed by atoms with Gasteiger partial charge < -0.3 is 15.2 Å². The van der Waals surface area contributed by atoms with Crippen LogP contribution in [0.1, 0.15) is 40.3 Å². The molecule has 0 fully saturated rings. The van der Waals surface area contributed by atoms with E-state index in [-0.39, 0.29) is 24.4 Å². The van der Waals surface area contributed by atoms with E-state index in [0.29, 0.717) is 12.2 Å². The van der Waals surface area contributed by atoms with Gasteiger partial charge in [-0.1, -0.05) is 12.1 Å². The molecule has 4 rings (SSSR count). The van der Waals surface area contributed by atoms with E-state index in [1.807, 2.05) is 42.0 Å². The zero-order valence-electron chi connectivity index (χ0n) is 14.4. The highest BCUT2D eigenvalue weighted by Gasteiger charge is 2.22. The van der Waals surface area contributed by atoms with Crippen LogP contribution in [0, 0.1) is 0 Å². The Morgan fingerprint density at radius 1 is 1.38 bits per heavy atom. The third-order valence-electron chi connectivity index (χ3n) is 4.54. The van der Waals surface area contributed by atoms with Gasteiger partial charge in [-0.2, -0.15) is 5.10 Å². The average molecular weight is 373 g/mol. The summed E-state index contributed by atoms with van der Waals surface area (Å²) in [6.07, 6.45) is 6.27. The second kappa shape index (κ2) is 7.72. The predicted molar refractivity (Wildman–Crippen MR) is 101 cm³/mol. The lowest BCUT2D eigenvalue weighted by atomic mass is 10.1. The lowest BCUT2D eigenvalue weighted by Crippen LogP contribution is -2.30. The van der Waals surface area contributed by atoms with E-state index < -0.39 is 0 Å². The normalized spacial score (nSPS) is 14.2. The van der Waals surface area contributed by atoms with Crippen molar-refractivity contribution >= 4 is 18.3 Å². The number of benzene rings is 1. The molecule has 0 saturated carbocycles. The van der Waals surface area contributed by atoms with Gasteiger partial charge in [-0.3, -0.25) is 9.89 Å². The van der Waals surface area contributed by atoms with E-state index in [4.69, 9.17) is 0 Å². The number of imidazole rings is 1. The average Bonchev–Trinajstić information content (AvgIpc) is 3.31. The largest absolute Gasteiger partial charge is 0.344 e. The number of nitrogens with zero attached hydrogens (tertiary/aromatic N) is 3. The van der Waals surface area contributed by atoms with Gasteiger partial charge in [-0.15, -0.1) is 12.4 Å². The number of H-pyrrole nitrogens is 1. The fourth-order valence-corrected chi connectivity index (χ4v) is 3.13. The summed E-state index contributed by atoms with van der Waals surface area (Å²) in [5.74, 6) is -0.151. The molecule has 1 aliphatic heterocycles. The zero-order valence-corrected chi connectivity index (χ0v) is 15.2. The molecule has 1 amide bonds. The van der Waals surface area contributed by atoms with Crippen LogP contribution in [0.25, 0.3) is 5.69 Å². The molecular weight excluding hydrogens is 352 g/mol. The number of halogens is 1. The maximum Gasteiger partial charge on any atom is 0.272 e. The summed E-state index contributed by atoms with van der Waals surface area (Å²) in [7, 11) is 0. The Labute approximate surface area is 157 Å². The molecule has 26 heavy (non-hydrogen) atoms. The number of aromatic amines is 1. The highest BCUT2D eigenvalue weighted by Crippen LogP contribution is 2.19. The number of fused-ring (bicyclic) bond motifs is 1. The number of rotatable bonds is 4. The Hall–Kier alpha value is -2.64. The van der Waals surface area contributed by atoms with Crippen LogP contribution in [-0.4, -0.2) is 32.2 Å². The topological polar surface area (TPSA) is 87.6 Å². The summed E-state index contributed by atoms with van der Waals surface area (Å²) >= 11 is 0. The second-order valence-electron chi connectivity index (χ2n) is 6.22. The van der Waals surface area contributed by atoms with E-state index in [0.717, 1.165) is 35.5 Å². The molecule has 0 bridgehead atoms. The van der Waals surface area contributed by atoms with Crippen LogP contribution in [-0.2, 0) is 13.0 Å². The van der Waals surface area contributed by atoms with Crippen molar-refractivity contribution < 1.29 is 4.79 Å². The summed E-state index contributed by atoms with van der Waals surface area (Å²) in [6.45, 7) is 3.56. The first-order chi connectivity index (χ1) is 12.2. The van der Waals surface area contributed by atoms with Crippen LogP contribution in [0.5, 0.6) is 0 Å². The van der Waals surface area contributed by atoms with Crippen LogP contribution in [0.2, 0.25) is 0 Å². The molecule has 0 radical (unpaired) electrons. The quantitative estimate of drug-likeness (QED) is 0.654. The summed E-state index contributed by atoms with van der Waals surface area (Å²) in [4.78, 5) is 16.7. The molecule has 7 nitrogen and oxygen atoms in total. The minimum Gasteiger partial charge on any atom is -0.344 e. The molecule has 136 valence electrons. The third-order valence-corrected chi connectivity index (χ3v) is 4.54. The van der Waals surface area contributed by atoms with Crippen molar-refractivity contribution in [3.63, 3.8) is 0 Å². The van der Waals surface area contributed by atoms with Crippen molar-refractivity contribution in [2.75, 3.05) is 6.54 Å². The van der Waals surface area contributed by atoms with Crippen LogP contribution in [0.15, 0.2) is 43.0 Å². The summed E-state index contributed by atoms with van der Waals surface area (Å²) < 4.78 is 1.94. The van der Waals surface area contributed by atoms with Crippen molar-refractivity contribution in [2.24, 2.45) is 0 Å². The van der Waals surface area contributed by atoms with Crippen molar-refractivity contribution in [1.29, 1.82) is 0 Å². The van der Waals surface area contributed by atoms with E-state index in [1.165, 1.54) is 0 Å². The molecule has 3 heterocycles. The second-order valence-corrected chi connectivity index (χ2v) is 6.22. The van der Waals surface area contributed by atoms with Gasteiger partial charge in [0.25, 0.3) is 5.91 Å². The van der Waals surface area contributed by atoms with E-state index in [1.54, 1.807) is 12.5 Å². The Morgan fingerprint density at radius 3 is 3.08 bits per heavy atom. The van der Waals surface area contributed by atoms with Gasteiger partial charge in [0.15, 0.2) is 5.69 Å². The lowest BCUT2D eigenvalue weighted by Gasteiger charge is -2.16. The Balaban J connectivity index is 0.00000196. The number of nitrogens with one attached hydrogen (secondary N) is 3.